The van der Waals surface area contributed by atoms with Gasteiger partial charge in [-0.15, -0.1) is 11.3 Å². The third-order valence-corrected chi connectivity index (χ3v) is 4.55. The Morgan fingerprint density at radius 3 is 2.79 bits per heavy atom. The highest BCUT2D eigenvalue weighted by molar-refractivity contribution is 7.89. The van der Waals surface area contributed by atoms with Crippen LogP contribution in [0.5, 0.6) is 0 Å². The number of fused-ring (bicyclic) bond motifs is 1. The summed E-state index contributed by atoms with van der Waals surface area (Å²) in [6.45, 7) is 0. The predicted octanol–water partition coefficient (Wildman–Crippen LogP) is 1.81. The lowest BCUT2D eigenvalue weighted by atomic mass is 10.3. The molecule has 0 aliphatic carbocycles. The molecule has 0 aliphatic heterocycles. The van der Waals surface area contributed by atoms with Gasteiger partial charge in [0.1, 0.15) is 0 Å². The molecule has 1 heterocycles. The lowest BCUT2D eigenvalue weighted by Gasteiger charge is -2.02. The molecule has 0 aliphatic rings. The summed E-state index contributed by atoms with van der Waals surface area (Å²) in [6.07, 6.45) is 0. The minimum atomic E-state index is -3.33. The van der Waals surface area contributed by atoms with E-state index in [1.807, 2.05) is 17.5 Å². The molecule has 1 N–H and O–H groups in total. The average molecular weight is 227 g/mol. The standard InChI is InChI=1S/C9H9NO2S2/c1-10-14(11,12)8-4-2-3-7-5-6-13-9(7)8/h2-6,10H,1H3. The zero-order valence-corrected chi connectivity index (χ0v) is 9.15. The van der Waals surface area contributed by atoms with Crippen molar-refractivity contribution in [3.63, 3.8) is 0 Å². The summed E-state index contributed by atoms with van der Waals surface area (Å²) >= 11 is 1.44. The van der Waals surface area contributed by atoms with Crippen LogP contribution in [0.3, 0.4) is 0 Å². The van der Waals surface area contributed by atoms with Gasteiger partial charge in [0.2, 0.25) is 10.0 Å². The fraction of sp³-hybridized carbons (Fsp3) is 0.111. The van der Waals surface area contributed by atoms with Gasteiger partial charge in [0.25, 0.3) is 0 Å². The molecule has 2 rings (SSSR count). The molecule has 0 saturated heterocycles. The Morgan fingerprint density at radius 1 is 1.29 bits per heavy atom. The van der Waals surface area contributed by atoms with Gasteiger partial charge in [0.15, 0.2) is 0 Å². The van der Waals surface area contributed by atoms with Crippen LogP contribution in [0.1, 0.15) is 0 Å². The minimum absolute atomic E-state index is 0.354. The van der Waals surface area contributed by atoms with E-state index in [1.165, 1.54) is 18.4 Å². The summed E-state index contributed by atoms with van der Waals surface area (Å²) in [5.74, 6) is 0. The van der Waals surface area contributed by atoms with Gasteiger partial charge in [0.05, 0.1) is 9.60 Å². The van der Waals surface area contributed by atoms with E-state index < -0.39 is 10.0 Å². The van der Waals surface area contributed by atoms with Crippen molar-refractivity contribution in [2.24, 2.45) is 0 Å². The molecule has 74 valence electrons. The number of thiophene rings is 1. The van der Waals surface area contributed by atoms with Crippen molar-refractivity contribution in [2.45, 2.75) is 4.90 Å². The first-order valence-corrected chi connectivity index (χ1v) is 6.41. The molecule has 5 heteroatoms. The SMILES string of the molecule is CNS(=O)(=O)c1cccc2ccsc12. The first-order valence-electron chi connectivity index (χ1n) is 4.05. The Kier molecular flexibility index (Phi) is 2.30. The van der Waals surface area contributed by atoms with Crippen molar-refractivity contribution in [1.82, 2.24) is 4.72 Å². The Hall–Kier alpha value is -0.910. The van der Waals surface area contributed by atoms with Crippen LogP contribution in [0.15, 0.2) is 34.5 Å². The van der Waals surface area contributed by atoms with Crippen molar-refractivity contribution in [2.75, 3.05) is 7.05 Å². The summed E-state index contributed by atoms with van der Waals surface area (Å²) in [5.41, 5.74) is 0. The van der Waals surface area contributed by atoms with E-state index in [4.69, 9.17) is 0 Å². The summed E-state index contributed by atoms with van der Waals surface area (Å²) in [5, 5.41) is 2.85. The van der Waals surface area contributed by atoms with Crippen LogP contribution >= 0.6 is 11.3 Å². The van der Waals surface area contributed by atoms with Gasteiger partial charge >= 0.3 is 0 Å². The van der Waals surface area contributed by atoms with E-state index in [2.05, 4.69) is 4.72 Å². The van der Waals surface area contributed by atoms with Crippen molar-refractivity contribution in [3.05, 3.63) is 29.6 Å². The quantitative estimate of drug-likeness (QED) is 0.850. The van der Waals surface area contributed by atoms with Gasteiger partial charge in [-0.1, -0.05) is 12.1 Å². The van der Waals surface area contributed by atoms with E-state index in [1.54, 1.807) is 12.1 Å². The Balaban J connectivity index is 2.81. The lowest BCUT2D eigenvalue weighted by molar-refractivity contribution is 0.589. The average Bonchev–Trinajstić information content (AvgIpc) is 2.64. The van der Waals surface area contributed by atoms with Crippen LogP contribution < -0.4 is 4.72 Å². The molecule has 0 fully saturated rings. The lowest BCUT2D eigenvalue weighted by Crippen LogP contribution is -2.18. The summed E-state index contributed by atoms with van der Waals surface area (Å²) < 4.78 is 26.3. The van der Waals surface area contributed by atoms with E-state index in [9.17, 15) is 8.42 Å². The van der Waals surface area contributed by atoms with Gasteiger partial charge in [-0.05, 0) is 29.9 Å². The first-order chi connectivity index (χ1) is 6.65. The highest BCUT2D eigenvalue weighted by atomic mass is 32.2. The number of benzene rings is 1. The third-order valence-electron chi connectivity index (χ3n) is 2.00. The molecule has 3 nitrogen and oxygen atoms in total. The molecule has 14 heavy (non-hydrogen) atoms. The van der Waals surface area contributed by atoms with E-state index in [0.29, 0.717) is 4.90 Å². The van der Waals surface area contributed by atoms with Crippen LogP contribution in [0.25, 0.3) is 10.1 Å². The number of rotatable bonds is 2. The second-order valence-corrected chi connectivity index (χ2v) is 5.57. The third kappa shape index (κ3) is 1.43. The highest BCUT2D eigenvalue weighted by Crippen LogP contribution is 2.27. The topological polar surface area (TPSA) is 46.2 Å². The maximum Gasteiger partial charge on any atom is 0.241 e. The molecule has 0 atom stereocenters. The van der Waals surface area contributed by atoms with Crippen molar-refractivity contribution in [3.8, 4) is 0 Å². The van der Waals surface area contributed by atoms with E-state index in [-0.39, 0.29) is 0 Å². The number of hydrogen-bond donors (Lipinski definition) is 1. The normalized spacial score (nSPS) is 12.1. The fourth-order valence-corrected chi connectivity index (χ4v) is 3.41. The van der Waals surface area contributed by atoms with Crippen LogP contribution in [-0.4, -0.2) is 15.5 Å². The summed E-state index contributed by atoms with van der Waals surface area (Å²) in [7, 11) is -1.92. The molecule has 0 bridgehead atoms. The largest absolute Gasteiger partial charge is 0.241 e. The van der Waals surface area contributed by atoms with E-state index in [0.717, 1.165) is 10.1 Å². The van der Waals surface area contributed by atoms with Gasteiger partial charge < -0.3 is 0 Å². The Labute approximate surface area is 86.4 Å². The van der Waals surface area contributed by atoms with E-state index >= 15 is 0 Å². The Morgan fingerprint density at radius 2 is 2.07 bits per heavy atom. The van der Waals surface area contributed by atoms with Crippen LogP contribution in [0.4, 0.5) is 0 Å². The van der Waals surface area contributed by atoms with Crippen LogP contribution in [0.2, 0.25) is 0 Å². The summed E-state index contributed by atoms with van der Waals surface area (Å²) in [4.78, 5) is 0.354. The zero-order valence-electron chi connectivity index (χ0n) is 7.52. The maximum absolute atomic E-state index is 11.6. The zero-order chi connectivity index (χ0) is 10.2. The molecular weight excluding hydrogens is 218 g/mol. The smallest absolute Gasteiger partial charge is 0.214 e. The second-order valence-electron chi connectivity index (χ2n) is 2.80. The minimum Gasteiger partial charge on any atom is -0.214 e. The van der Waals surface area contributed by atoms with Crippen molar-refractivity contribution < 1.29 is 8.42 Å². The second kappa shape index (κ2) is 3.34. The fourth-order valence-electron chi connectivity index (χ4n) is 1.29. The molecule has 0 radical (unpaired) electrons. The van der Waals surface area contributed by atoms with Crippen LogP contribution in [-0.2, 0) is 10.0 Å². The van der Waals surface area contributed by atoms with Gasteiger partial charge in [-0.3, -0.25) is 0 Å². The number of nitrogens with one attached hydrogen (secondary N) is 1. The molecule has 0 spiro atoms. The molecule has 0 amide bonds. The first kappa shape index (κ1) is 9.64. The monoisotopic (exact) mass is 227 g/mol. The molecule has 0 unspecified atom stereocenters. The molecule has 1 aromatic carbocycles. The van der Waals surface area contributed by atoms with Gasteiger partial charge in [0, 0.05) is 0 Å². The van der Waals surface area contributed by atoms with Crippen molar-refractivity contribution in [1.29, 1.82) is 0 Å². The van der Waals surface area contributed by atoms with Gasteiger partial charge in [-0.25, -0.2) is 13.1 Å². The summed E-state index contributed by atoms with van der Waals surface area (Å²) in [6, 6.07) is 7.18. The predicted molar refractivity (Wildman–Crippen MR) is 58.1 cm³/mol. The molecule has 2 aromatic rings. The number of sulfonamides is 1. The van der Waals surface area contributed by atoms with Crippen molar-refractivity contribution >= 4 is 31.4 Å². The Bertz CT molecular complexity index is 557. The van der Waals surface area contributed by atoms with Gasteiger partial charge in [-0.2, -0.15) is 0 Å². The highest BCUT2D eigenvalue weighted by Gasteiger charge is 2.15. The molecule has 0 saturated carbocycles. The molecular formula is C9H9NO2S2. The maximum atomic E-state index is 11.6. The van der Waals surface area contributed by atoms with Crippen LogP contribution in [0, 0.1) is 0 Å². The number of hydrogen-bond acceptors (Lipinski definition) is 3. The molecule has 1 aromatic heterocycles.